The van der Waals surface area contributed by atoms with Gasteiger partial charge in [0.15, 0.2) is 0 Å². The van der Waals surface area contributed by atoms with Crippen LogP contribution < -0.4 is 10.6 Å². The number of morpholine rings is 1. The molecule has 1 aromatic carbocycles. The van der Waals surface area contributed by atoms with Crippen LogP contribution in [0, 0.1) is 0 Å². The highest BCUT2D eigenvalue weighted by atomic mass is 16.5. The van der Waals surface area contributed by atoms with Crippen molar-refractivity contribution >= 4 is 11.9 Å². The number of nitrogens with one attached hydrogen (secondary N) is 2. The van der Waals surface area contributed by atoms with Crippen molar-refractivity contribution in [3.63, 3.8) is 0 Å². The van der Waals surface area contributed by atoms with Crippen LogP contribution in [0.25, 0.3) is 0 Å². The highest BCUT2D eigenvalue weighted by Gasteiger charge is 2.18. The summed E-state index contributed by atoms with van der Waals surface area (Å²) in [5.41, 5.74) is 1.19. The average Bonchev–Trinajstić information content (AvgIpc) is 2.62. The first-order valence-electron chi connectivity index (χ1n) is 8.52. The maximum absolute atomic E-state index is 12.0. The number of hydrogen-bond acceptors (Lipinski definition) is 3. The fraction of sp³-hybridized carbons (Fsp3) is 0.556. The van der Waals surface area contributed by atoms with Crippen molar-refractivity contribution < 1.29 is 14.3 Å². The lowest BCUT2D eigenvalue weighted by Crippen LogP contribution is -2.45. The van der Waals surface area contributed by atoms with Crippen molar-refractivity contribution in [1.29, 1.82) is 0 Å². The molecule has 2 atom stereocenters. The van der Waals surface area contributed by atoms with Crippen LogP contribution in [0.2, 0.25) is 0 Å². The lowest BCUT2D eigenvalue weighted by atomic mass is 9.95. The Morgan fingerprint density at radius 2 is 1.83 bits per heavy atom. The number of carbonyl (C=O) groups excluding carboxylic acids is 2. The van der Waals surface area contributed by atoms with Gasteiger partial charge in [-0.3, -0.25) is 4.79 Å². The van der Waals surface area contributed by atoms with Crippen LogP contribution >= 0.6 is 0 Å². The molecule has 6 nitrogen and oxygen atoms in total. The lowest BCUT2D eigenvalue weighted by molar-refractivity contribution is -0.135. The number of ether oxygens (including phenoxy) is 1. The van der Waals surface area contributed by atoms with Crippen LogP contribution in [0.1, 0.15) is 31.7 Å². The fourth-order valence-corrected chi connectivity index (χ4v) is 2.68. The van der Waals surface area contributed by atoms with Crippen molar-refractivity contribution in [2.45, 2.75) is 32.2 Å². The highest BCUT2D eigenvalue weighted by Crippen LogP contribution is 2.18. The quantitative estimate of drug-likeness (QED) is 0.833. The fourth-order valence-electron chi connectivity index (χ4n) is 2.68. The van der Waals surface area contributed by atoms with E-state index >= 15 is 0 Å². The van der Waals surface area contributed by atoms with Gasteiger partial charge in [0.2, 0.25) is 5.91 Å². The topological polar surface area (TPSA) is 70.7 Å². The summed E-state index contributed by atoms with van der Waals surface area (Å²) in [7, 11) is 0. The first kappa shape index (κ1) is 18.3. The van der Waals surface area contributed by atoms with Crippen molar-refractivity contribution in [2.75, 3.05) is 32.8 Å². The molecule has 3 amide bonds. The third-order valence-corrected chi connectivity index (χ3v) is 4.42. The Morgan fingerprint density at radius 1 is 1.17 bits per heavy atom. The summed E-state index contributed by atoms with van der Waals surface area (Å²) >= 11 is 0. The molecule has 24 heavy (non-hydrogen) atoms. The zero-order valence-corrected chi connectivity index (χ0v) is 14.5. The van der Waals surface area contributed by atoms with Crippen molar-refractivity contribution in [3.8, 4) is 0 Å². The molecular formula is C18H27N3O3. The Kier molecular flexibility index (Phi) is 7.06. The second-order valence-electron chi connectivity index (χ2n) is 6.13. The maximum atomic E-state index is 12.0. The molecule has 0 spiro atoms. The van der Waals surface area contributed by atoms with Gasteiger partial charge in [-0.2, -0.15) is 0 Å². The zero-order valence-electron chi connectivity index (χ0n) is 14.5. The Balaban J connectivity index is 1.68. The van der Waals surface area contributed by atoms with Crippen molar-refractivity contribution in [3.05, 3.63) is 35.9 Å². The number of urea groups is 1. The van der Waals surface area contributed by atoms with Crippen LogP contribution in [-0.4, -0.2) is 55.7 Å². The molecular weight excluding hydrogens is 306 g/mol. The molecule has 1 fully saturated rings. The maximum Gasteiger partial charge on any atom is 0.315 e. The second kappa shape index (κ2) is 9.27. The van der Waals surface area contributed by atoms with Gasteiger partial charge < -0.3 is 20.3 Å². The van der Waals surface area contributed by atoms with E-state index in [2.05, 4.69) is 29.7 Å². The van der Waals surface area contributed by atoms with Crippen molar-refractivity contribution in [2.24, 2.45) is 0 Å². The van der Waals surface area contributed by atoms with E-state index in [1.165, 1.54) is 5.56 Å². The summed E-state index contributed by atoms with van der Waals surface area (Å²) in [6, 6.07) is 9.85. The zero-order chi connectivity index (χ0) is 17.4. The summed E-state index contributed by atoms with van der Waals surface area (Å²) in [5, 5.41) is 5.70. The monoisotopic (exact) mass is 333 g/mol. The van der Waals surface area contributed by atoms with Gasteiger partial charge in [0.05, 0.1) is 13.2 Å². The largest absolute Gasteiger partial charge is 0.378 e. The summed E-state index contributed by atoms with van der Waals surface area (Å²) in [5.74, 6) is 0.274. The molecule has 1 heterocycles. The van der Waals surface area contributed by atoms with E-state index < -0.39 is 0 Å². The normalized spacial score (nSPS) is 17.0. The van der Waals surface area contributed by atoms with E-state index in [-0.39, 0.29) is 23.9 Å². The number of hydrogen-bond donors (Lipinski definition) is 2. The van der Waals surface area contributed by atoms with E-state index in [9.17, 15) is 9.59 Å². The van der Waals surface area contributed by atoms with Gasteiger partial charge in [-0.15, -0.1) is 0 Å². The Morgan fingerprint density at radius 3 is 2.50 bits per heavy atom. The second-order valence-corrected chi connectivity index (χ2v) is 6.13. The van der Waals surface area contributed by atoms with Crippen LogP contribution in [0.4, 0.5) is 4.79 Å². The number of benzene rings is 1. The van der Waals surface area contributed by atoms with Gasteiger partial charge in [-0.1, -0.05) is 37.3 Å². The number of carbonyl (C=O) groups is 2. The molecule has 0 aromatic heterocycles. The van der Waals surface area contributed by atoms with Gasteiger partial charge in [0.25, 0.3) is 0 Å². The Hall–Kier alpha value is -2.08. The van der Waals surface area contributed by atoms with Gasteiger partial charge in [0, 0.05) is 38.0 Å². The SMILES string of the molecule is C[C@H](NC(=O)NCCC(=O)N1CCOCC1)[C@H](C)c1ccccc1. The summed E-state index contributed by atoms with van der Waals surface area (Å²) < 4.78 is 5.22. The summed E-state index contributed by atoms with van der Waals surface area (Å²) in [6.07, 6.45) is 0.316. The molecule has 0 unspecified atom stereocenters. The van der Waals surface area contributed by atoms with Gasteiger partial charge in [-0.25, -0.2) is 4.79 Å². The first-order chi connectivity index (χ1) is 11.6. The van der Waals surface area contributed by atoms with Crippen LogP contribution in [0.5, 0.6) is 0 Å². The van der Waals surface area contributed by atoms with E-state index in [1.807, 2.05) is 25.1 Å². The molecule has 1 aromatic rings. The minimum absolute atomic E-state index is 0.00217. The van der Waals surface area contributed by atoms with Crippen LogP contribution in [0.15, 0.2) is 30.3 Å². The molecule has 6 heteroatoms. The predicted molar refractivity (Wildman–Crippen MR) is 92.9 cm³/mol. The molecule has 0 bridgehead atoms. The standard InChI is InChI=1S/C18H27N3O3/c1-14(16-6-4-3-5-7-16)15(2)20-18(23)19-9-8-17(22)21-10-12-24-13-11-21/h3-7,14-15H,8-13H2,1-2H3,(H2,19,20,23)/t14-,15-/m0/s1. The van der Waals surface area contributed by atoms with Crippen LogP contribution in [-0.2, 0) is 9.53 Å². The molecule has 1 saturated heterocycles. The third kappa shape index (κ3) is 5.53. The average molecular weight is 333 g/mol. The summed E-state index contributed by atoms with van der Waals surface area (Å²) in [4.78, 5) is 25.8. The molecule has 0 aliphatic carbocycles. The number of amides is 3. The predicted octanol–water partition coefficient (Wildman–Crippen LogP) is 1.73. The van der Waals surface area contributed by atoms with E-state index in [0.717, 1.165) is 0 Å². The lowest BCUT2D eigenvalue weighted by Gasteiger charge is -2.27. The van der Waals surface area contributed by atoms with Crippen LogP contribution in [0.3, 0.4) is 0 Å². The molecule has 2 rings (SSSR count). The molecule has 0 saturated carbocycles. The number of nitrogens with zero attached hydrogens (tertiary/aromatic N) is 1. The third-order valence-electron chi connectivity index (χ3n) is 4.42. The van der Waals surface area contributed by atoms with Gasteiger partial charge in [-0.05, 0) is 12.5 Å². The minimum atomic E-state index is -0.236. The molecule has 1 aliphatic heterocycles. The molecule has 132 valence electrons. The van der Waals surface area contributed by atoms with Gasteiger partial charge >= 0.3 is 6.03 Å². The van der Waals surface area contributed by atoms with E-state index in [1.54, 1.807) is 4.90 Å². The first-order valence-corrected chi connectivity index (χ1v) is 8.52. The minimum Gasteiger partial charge on any atom is -0.378 e. The van der Waals surface area contributed by atoms with Crippen molar-refractivity contribution in [1.82, 2.24) is 15.5 Å². The molecule has 0 radical (unpaired) electrons. The Labute approximate surface area is 143 Å². The molecule has 1 aliphatic rings. The smallest absolute Gasteiger partial charge is 0.315 e. The molecule has 2 N–H and O–H groups in total. The van der Waals surface area contributed by atoms with E-state index in [0.29, 0.717) is 39.3 Å². The van der Waals surface area contributed by atoms with E-state index in [4.69, 9.17) is 4.74 Å². The highest BCUT2D eigenvalue weighted by molar-refractivity contribution is 5.78. The Bertz CT molecular complexity index is 530. The summed E-state index contributed by atoms with van der Waals surface area (Å²) in [6.45, 7) is 6.86. The van der Waals surface area contributed by atoms with Gasteiger partial charge in [0.1, 0.15) is 0 Å². The number of rotatable bonds is 6.